The highest BCUT2D eigenvalue weighted by molar-refractivity contribution is 5.97. The van der Waals surface area contributed by atoms with Gasteiger partial charge in [-0.1, -0.05) is 12.1 Å². The molecule has 1 aromatic carbocycles. The molecule has 0 spiro atoms. The maximum Gasteiger partial charge on any atom is 0.238 e. The minimum Gasteiger partial charge on any atom is -0.325 e. The number of anilines is 1. The molecule has 1 aromatic rings. The van der Waals surface area contributed by atoms with E-state index >= 15 is 0 Å². The number of ketones is 1. The number of piperidine rings is 1. The Kier molecular flexibility index (Phi) is 5.63. The topological polar surface area (TPSA) is 61.4 Å². The molecular weight excluding hydrogens is 302 g/mol. The maximum atomic E-state index is 12.2. The summed E-state index contributed by atoms with van der Waals surface area (Å²) in [6, 6.07) is 7.81. The number of amides is 1. The van der Waals surface area contributed by atoms with Crippen LogP contribution in [0.3, 0.4) is 0 Å². The lowest BCUT2D eigenvalue weighted by molar-refractivity contribution is -0.117. The minimum absolute atomic E-state index is 0.00635. The van der Waals surface area contributed by atoms with E-state index in [0.29, 0.717) is 23.8 Å². The zero-order valence-electron chi connectivity index (χ0n) is 14.4. The van der Waals surface area contributed by atoms with Crippen molar-refractivity contribution in [3.8, 4) is 0 Å². The smallest absolute Gasteiger partial charge is 0.238 e. The van der Waals surface area contributed by atoms with Crippen LogP contribution < -0.4 is 10.6 Å². The molecule has 5 heteroatoms. The number of nitrogens with one attached hydrogen (secondary N) is 2. The van der Waals surface area contributed by atoms with Crippen molar-refractivity contribution in [1.82, 2.24) is 10.2 Å². The molecule has 3 rings (SSSR count). The fraction of sp³-hybridized carbons (Fsp3) is 0.579. The van der Waals surface area contributed by atoms with Crippen molar-refractivity contribution in [2.45, 2.75) is 38.6 Å². The fourth-order valence-electron chi connectivity index (χ4n) is 3.85. The second kappa shape index (κ2) is 7.90. The van der Waals surface area contributed by atoms with Gasteiger partial charge in [0.05, 0.1) is 6.54 Å². The molecule has 0 aromatic heterocycles. The normalized spacial score (nSPS) is 22.5. The molecule has 2 aliphatic rings. The van der Waals surface area contributed by atoms with E-state index in [1.807, 2.05) is 6.07 Å². The van der Waals surface area contributed by atoms with E-state index in [0.717, 1.165) is 25.6 Å². The van der Waals surface area contributed by atoms with Gasteiger partial charge in [-0.2, -0.15) is 0 Å². The van der Waals surface area contributed by atoms with Gasteiger partial charge in [-0.05, 0) is 70.3 Å². The Hall–Kier alpha value is -1.72. The van der Waals surface area contributed by atoms with E-state index < -0.39 is 0 Å². The van der Waals surface area contributed by atoms with Crippen LogP contribution in [-0.4, -0.2) is 48.8 Å². The Morgan fingerprint density at radius 2 is 2.04 bits per heavy atom. The van der Waals surface area contributed by atoms with E-state index in [-0.39, 0.29) is 11.7 Å². The minimum atomic E-state index is -0.00635. The average Bonchev–Trinajstić information content (AvgIpc) is 3.10. The van der Waals surface area contributed by atoms with E-state index in [9.17, 15) is 9.59 Å². The Bertz CT molecular complexity index is 588. The second-order valence-corrected chi connectivity index (χ2v) is 7.00. The molecule has 2 N–H and O–H groups in total. The highest BCUT2D eigenvalue weighted by Crippen LogP contribution is 2.25. The molecule has 5 nitrogen and oxygen atoms in total. The average molecular weight is 329 g/mol. The van der Waals surface area contributed by atoms with Crippen LogP contribution in [-0.2, 0) is 4.79 Å². The number of nitrogens with zero attached hydrogens (tertiary/aromatic N) is 1. The molecule has 2 heterocycles. The molecule has 2 aliphatic heterocycles. The predicted octanol–water partition coefficient (Wildman–Crippen LogP) is 2.29. The standard InChI is InChI=1S/C19H27N3O2/c1-14(23)16-4-2-5-17(12-16)21-19(24)13-22-10-7-15(8-11-22)18-6-3-9-20-18/h2,4-5,12,15,18,20H,3,6-11,13H2,1H3,(H,21,24). The number of Topliss-reactive ketones (excluding diaryl/α,β-unsaturated/α-hetero) is 1. The summed E-state index contributed by atoms with van der Waals surface area (Å²) in [7, 11) is 0. The van der Waals surface area contributed by atoms with Gasteiger partial charge in [-0.15, -0.1) is 0 Å². The first-order chi connectivity index (χ1) is 11.6. The number of carbonyl (C=O) groups is 2. The first-order valence-electron chi connectivity index (χ1n) is 8.98. The molecule has 0 saturated carbocycles. The molecule has 0 bridgehead atoms. The summed E-state index contributed by atoms with van der Waals surface area (Å²) < 4.78 is 0. The molecule has 1 unspecified atom stereocenters. The van der Waals surface area contributed by atoms with Crippen LogP contribution in [0.1, 0.15) is 43.0 Å². The fourth-order valence-corrected chi connectivity index (χ4v) is 3.85. The molecule has 0 aliphatic carbocycles. The lowest BCUT2D eigenvalue weighted by Crippen LogP contribution is -2.43. The van der Waals surface area contributed by atoms with Crippen molar-refractivity contribution in [3.05, 3.63) is 29.8 Å². The summed E-state index contributed by atoms with van der Waals surface area (Å²) in [5.41, 5.74) is 1.32. The summed E-state index contributed by atoms with van der Waals surface area (Å²) in [6.07, 6.45) is 4.94. The maximum absolute atomic E-state index is 12.2. The first-order valence-corrected chi connectivity index (χ1v) is 8.98. The van der Waals surface area contributed by atoms with Crippen LogP contribution in [0, 0.1) is 5.92 Å². The second-order valence-electron chi connectivity index (χ2n) is 7.00. The van der Waals surface area contributed by atoms with Crippen molar-refractivity contribution >= 4 is 17.4 Å². The zero-order valence-corrected chi connectivity index (χ0v) is 14.4. The van der Waals surface area contributed by atoms with Crippen molar-refractivity contribution in [1.29, 1.82) is 0 Å². The van der Waals surface area contributed by atoms with E-state index in [4.69, 9.17) is 0 Å². The van der Waals surface area contributed by atoms with Gasteiger partial charge in [-0.3, -0.25) is 14.5 Å². The van der Waals surface area contributed by atoms with Crippen LogP contribution in [0.15, 0.2) is 24.3 Å². The van der Waals surface area contributed by atoms with Crippen LogP contribution in [0.5, 0.6) is 0 Å². The zero-order chi connectivity index (χ0) is 16.9. The number of benzene rings is 1. The van der Waals surface area contributed by atoms with Gasteiger partial charge >= 0.3 is 0 Å². The third-order valence-electron chi connectivity index (χ3n) is 5.22. The summed E-state index contributed by atoms with van der Waals surface area (Å²) in [5.74, 6) is 0.765. The van der Waals surface area contributed by atoms with Gasteiger partial charge in [0.1, 0.15) is 0 Å². The van der Waals surface area contributed by atoms with Gasteiger partial charge in [0.15, 0.2) is 5.78 Å². The van der Waals surface area contributed by atoms with Crippen LogP contribution in [0.2, 0.25) is 0 Å². The quantitative estimate of drug-likeness (QED) is 0.814. The van der Waals surface area contributed by atoms with Gasteiger partial charge in [0.2, 0.25) is 5.91 Å². The Balaban J connectivity index is 1.45. The molecule has 24 heavy (non-hydrogen) atoms. The largest absolute Gasteiger partial charge is 0.325 e. The third-order valence-corrected chi connectivity index (χ3v) is 5.22. The lowest BCUT2D eigenvalue weighted by Gasteiger charge is -2.34. The van der Waals surface area contributed by atoms with Crippen molar-refractivity contribution in [3.63, 3.8) is 0 Å². The monoisotopic (exact) mass is 329 g/mol. The SMILES string of the molecule is CC(=O)c1cccc(NC(=O)CN2CCC(C3CCCN3)CC2)c1. The molecule has 130 valence electrons. The Morgan fingerprint density at radius 1 is 1.25 bits per heavy atom. The molecule has 2 saturated heterocycles. The van der Waals surface area contributed by atoms with Crippen LogP contribution >= 0.6 is 0 Å². The third kappa shape index (κ3) is 4.42. The predicted molar refractivity (Wildman–Crippen MR) is 95.3 cm³/mol. The number of rotatable bonds is 5. The van der Waals surface area contributed by atoms with E-state index in [1.54, 1.807) is 18.2 Å². The number of carbonyl (C=O) groups excluding carboxylic acids is 2. The molecule has 1 atom stereocenters. The van der Waals surface area contributed by atoms with Gasteiger partial charge in [-0.25, -0.2) is 0 Å². The summed E-state index contributed by atoms with van der Waals surface area (Å²) in [4.78, 5) is 25.9. The van der Waals surface area contributed by atoms with Gasteiger partial charge < -0.3 is 10.6 Å². The van der Waals surface area contributed by atoms with Crippen molar-refractivity contribution in [2.75, 3.05) is 31.5 Å². The molecule has 1 amide bonds. The number of likely N-dealkylation sites (tertiary alicyclic amines) is 1. The van der Waals surface area contributed by atoms with Gasteiger partial charge in [0.25, 0.3) is 0 Å². The molecule has 2 fully saturated rings. The summed E-state index contributed by atoms with van der Waals surface area (Å²) in [6.45, 7) is 5.10. The highest BCUT2D eigenvalue weighted by Gasteiger charge is 2.28. The van der Waals surface area contributed by atoms with E-state index in [2.05, 4.69) is 15.5 Å². The summed E-state index contributed by atoms with van der Waals surface area (Å²) in [5, 5.41) is 6.51. The number of hydrogen-bond acceptors (Lipinski definition) is 4. The van der Waals surface area contributed by atoms with Crippen molar-refractivity contribution in [2.24, 2.45) is 5.92 Å². The Morgan fingerprint density at radius 3 is 2.71 bits per heavy atom. The van der Waals surface area contributed by atoms with E-state index in [1.165, 1.54) is 32.6 Å². The number of hydrogen-bond donors (Lipinski definition) is 2. The molecule has 0 radical (unpaired) electrons. The van der Waals surface area contributed by atoms with Gasteiger partial charge in [0, 0.05) is 17.3 Å². The van der Waals surface area contributed by atoms with Crippen LogP contribution in [0.25, 0.3) is 0 Å². The van der Waals surface area contributed by atoms with Crippen LogP contribution in [0.4, 0.5) is 5.69 Å². The van der Waals surface area contributed by atoms with Crippen molar-refractivity contribution < 1.29 is 9.59 Å². The highest BCUT2D eigenvalue weighted by atomic mass is 16.2. The Labute approximate surface area is 143 Å². The molecular formula is C19H27N3O2. The first kappa shape index (κ1) is 17.1. The summed E-state index contributed by atoms with van der Waals surface area (Å²) >= 11 is 0. The lowest BCUT2D eigenvalue weighted by atomic mass is 9.88.